The molecule has 3 aliphatic rings. The number of amides is 3. The maximum atomic E-state index is 13.4. The van der Waals surface area contributed by atoms with E-state index in [1.165, 1.54) is 23.6 Å². The van der Waals surface area contributed by atoms with Gasteiger partial charge in [-0.25, -0.2) is 8.42 Å². The van der Waals surface area contributed by atoms with Crippen molar-refractivity contribution in [2.45, 2.75) is 68.8 Å². The zero-order valence-electron chi connectivity index (χ0n) is 17.4. The lowest BCUT2D eigenvalue weighted by Crippen LogP contribution is -2.61. The molecule has 30 heavy (non-hydrogen) atoms. The molecule has 1 aromatic carbocycles. The highest BCUT2D eigenvalue weighted by atomic mass is 32.2. The summed E-state index contributed by atoms with van der Waals surface area (Å²) in [5.74, 6) is -1.04. The highest BCUT2D eigenvalue weighted by molar-refractivity contribution is 7.93. The van der Waals surface area contributed by atoms with Crippen LogP contribution in [0.5, 0.6) is 0 Å². The number of benzene rings is 1. The lowest BCUT2D eigenvalue weighted by atomic mass is 9.96. The smallest absolute Gasteiger partial charge is 0.247 e. The van der Waals surface area contributed by atoms with Crippen LogP contribution in [-0.2, 0) is 30.8 Å². The minimum atomic E-state index is -3.65. The molecule has 0 aromatic heterocycles. The molecular weight excluding hydrogens is 406 g/mol. The molecule has 0 radical (unpaired) electrons. The van der Waals surface area contributed by atoms with Crippen molar-refractivity contribution in [1.82, 2.24) is 15.1 Å². The van der Waals surface area contributed by atoms with Crippen LogP contribution in [0.2, 0.25) is 0 Å². The van der Waals surface area contributed by atoms with Crippen LogP contribution in [0.3, 0.4) is 0 Å². The first kappa shape index (κ1) is 20.8. The van der Waals surface area contributed by atoms with E-state index in [0.717, 1.165) is 11.1 Å². The van der Waals surface area contributed by atoms with Gasteiger partial charge in [0.15, 0.2) is 9.84 Å². The van der Waals surface area contributed by atoms with Gasteiger partial charge in [0.1, 0.15) is 17.5 Å². The summed E-state index contributed by atoms with van der Waals surface area (Å²) in [5.41, 5.74) is 2.09. The predicted octanol–water partition coefficient (Wildman–Crippen LogP) is 0.736. The zero-order chi connectivity index (χ0) is 21.8. The van der Waals surface area contributed by atoms with Crippen molar-refractivity contribution in [2.24, 2.45) is 0 Å². The van der Waals surface area contributed by atoms with Crippen molar-refractivity contribution in [1.29, 1.82) is 0 Å². The first-order valence-corrected chi connectivity index (χ1v) is 11.8. The van der Waals surface area contributed by atoms with Crippen LogP contribution in [0.4, 0.5) is 0 Å². The van der Waals surface area contributed by atoms with Gasteiger partial charge in [0.25, 0.3) is 0 Å². The Kier molecular flexibility index (Phi) is 4.91. The van der Waals surface area contributed by atoms with Crippen molar-refractivity contribution in [2.75, 3.05) is 6.54 Å². The largest absolute Gasteiger partial charge is 0.350 e. The minimum absolute atomic E-state index is 0.0734. The third-order valence-electron chi connectivity index (χ3n) is 6.64. The molecule has 3 amide bonds. The van der Waals surface area contributed by atoms with Crippen LogP contribution in [0.25, 0.3) is 0 Å². The predicted molar refractivity (Wildman–Crippen MR) is 110 cm³/mol. The number of hydrogen-bond donors (Lipinski definition) is 1. The Morgan fingerprint density at radius 3 is 2.50 bits per heavy atom. The molecule has 3 heterocycles. The zero-order valence-corrected chi connectivity index (χ0v) is 18.2. The summed E-state index contributed by atoms with van der Waals surface area (Å²) in [6, 6.07) is 6.08. The maximum Gasteiger partial charge on any atom is 0.247 e. The van der Waals surface area contributed by atoms with Crippen molar-refractivity contribution >= 4 is 27.6 Å². The molecule has 3 saturated heterocycles. The molecule has 9 heteroatoms. The second kappa shape index (κ2) is 7.08. The van der Waals surface area contributed by atoms with Crippen LogP contribution in [0, 0.1) is 6.92 Å². The van der Waals surface area contributed by atoms with Crippen LogP contribution >= 0.6 is 0 Å². The molecule has 3 aliphatic heterocycles. The maximum absolute atomic E-state index is 13.4. The van der Waals surface area contributed by atoms with Crippen LogP contribution in [0.1, 0.15) is 44.2 Å². The molecule has 1 aromatic rings. The van der Waals surface area contributed by atoms with Gasteiger partial charge in [-0.3, -0.25) is 14.4 Å². The van der Waals surface area contributed by atoms with E-state index < -0.39 is 37.9 Å². The molecule has 0 aliphatic carbocycles. The van der Waals surface area contributed by atoms with Gasteiger partial charge in [-0.2, -0.15) is 0 Å². The molecule has 0 saturated carbocycles. The Morgan fingerprint density at radius 2 is 1.87 bits per heavy atom. The van der Waals surface area contributed by atoms with E-state index in [2.05, 4.69) is 5.32 Å². The Hall–Kier alpha value is -2.42. The molecule has 0 spiro atoms. The average Bonchev–Trinajstić information content (AvgIpc) is 3.22. The fourth-order valence-electron chi connectivity index (χ4n) is 4.70. The fraction of sp³-hybridized carbons (Fsp3) is 0.571. The lowest BCUT2D eigenvalue weighted by Gasteiger charge is -2.39. The van der Waals surface area contributed by atoms with Gasteiger partial charge in [-0.05, 0) is 39.2 Å². The van der Waals surface area contributed by atoms with E-state index in [1.807, 2.05) is 31.2 Å². The van der Waals surface area contributed by atoms with Crippen LogP contribution in [-0.4, -0.2) is 64.7 Å². The van der Waals surface area contributed by atoms with E-state index in [9.17, 15) is 22.8 Å². The summed E-state index contributed by atoms with van der Waals surface area (Å²) in [5, 5.41) is 1.96. The van der Waals surface area contributed by atoms with E-state index in [4.69, 9.17) is 0 Å². The number of nitrogens with one attached hydrogen (secondary N) is 1. The molecule has 0 bridgehead atoms. The standard InChI is InChI=1S/C21H27N3O5S/c1-13-6-8-14(9-7-13)12-22-19(26)15-5-4-10-23(15)20(27)18-21(2,3)30(28,29)17-11-16(25)24(17)18/h6-9,15,17-18H,4-5,10-12H2,1-3H3,(H,22,26). The van der Waals surface area contributed by atoms with Crippen molar-refractivity contribution in [3.05, 3.63) is 35.4 Å². The van der Waals surface area contributed by atoms with Crippen molar-refractivity contribution in [3.8, 4) is 0 Å². The molecule has 3 atom stereocenters. The first-order chi connectivity index (χ1) is 14.1. The van der Waals surface area contributed by atoms with Gasteiger partial charge in [0, 0.05) is 13.1 Å². The second-order valence-electron chi connectivity index (χ2n) is 8.90. The number of rotatable bonds is 4. The summed E-state index contributed by atoms with van der Waals surface area (Å²) in [4.78, 5) is 41.0. The summed E-state index contributed by atoms with van der Waals surface area (Å²) < 4.78 is 24.2. The number of likely N-dealkylation sites (tertiary alicyclic amines) is 1. The van der Waals surface area contributed by atoms with Gasteiger partial charge < -0.3 is 15.1 Å². The minimum Gasteiger partial charge on any atom is -0.350 e. The Bertz CT molecular complexity index is 1000. The number of nitrogens with zero attached hydrogens (tertiary/aromatic N) is 2. The van der Waals surface area contributed by atoms with E-state index in [1.54, 1.807) is 0 Å². The Balaban J connectivity index is 1.50. The molecule has 3 unspecified atom stereocenters. The van der Waals surface area contributed by atoms with Gasteiger partial charge in [0.05, 0.1) is 11.2 Å². The fourth-order valence-corrected chi connectivity index (χ4v) is 6.83. The normalized spacial score (nSPS) is 28.8. The number of aryl methyl sites for hydroxylation is 1. The summed E-state index contributed by atoms with van der Waals surface area (Å²) in [6.45, 7) is 5.72. The Morgan fingerprint density at radius 1 is 1.20 bits per heavy atom. The number of fused-ring (bicyclic) bond motifs is 1. The lowest BCUT2D eigenvalue weighted by molar-refractivity contribution is -0.155. The molecule has 1 N–H and O–H groups in total. The third-order valence-corrected chi connectivity index (χ3v) is 9.44. The van der Waals surface area contributed by atoms with Gasteiger partial charge in [-0.15, -0.1) is 0 Å². The third kappa shape index (κ3) is 3.02. The highest BCUT2D eigenvalue weighted by Crippen LogP contribution is 2.46. The van der Waals surface area contributed by atoms with Crippen LogP contribution in [0.15, 0.2) is 24.3 Å². The Labute approximate surface area is 176 Å². The molecule has 162 valence electrons. The number of carbonyl (C=O) groups excluding carboxylic acids is 3. The summed E-state index contributed by atoms with van der Waals surface area (Å²) >= 11 is 0. The van der Waals surface area contributed by atoms with Crippen LogP contribution < -0.4 is 5.32 Å². The van der Waals surface area contributed by atoms with Gasteiger partial charge >= 0.3 is 0 Å². The topological polar surface area (TPSA) is 104 Å². The molecular formula is C21H27N3O5S. The van der Waals surface area contributed by atoms with Crippen molar-refractivity contribution in [3.63, 3.8) is 0 Å². The number of β-lactam (4-membered cyclic amide) rings is 1. The highest BCUT2D eigenvalue weighted by Gasteiger charge is 2.68. The second-order valence-corrected chi connectivity index (χ2v) is 11.6. The van der Waals surface area contributed by atoms with Gasteiger partial charge in [0.2, 0.25) is 17.7 Å². The van der Waals surface area contributed by atoms with E-state index >= 15 is 0 Å². The number of sulfone groups is 1. The van der Waals surface area contributed by atoms with Crippen molar-refractivity contribution < 1.29 is 22.8 Å². The molecule has 8 nitrogen and oxygen atoms in total. The number of carbonyl (C=O) groups is 3. The van der Waals surface area contributed by atoms with Gasteiger partial charge in [-0.1, -0.05) is 29.8 Å². The molecule has 4 rings (SSSR count). The van der Waals surface area contributed by atoms with E-state index in [-0.39, 0.29) is 18.2 Å². The first-order valence-electron chi connectivity index (χ1n) is 10.2. The SMILES string of the molecule is Cc1ccc(CNC(=O)C2CCCN2C(=O)C2N3C(=O)CC3S(=O)(=O)C2(C)C)cc1. The number of hydrogen-bond acceptors (Lipinski definition) is 5. The average molecular weight is 434 g/mol. The summed E-state index contributed by atoms with van der Waals surface area (Å²) in [7, 11) is -3.65. The molecule has 3 fully saturated rings. The quantitative estimate of drug-likeness (QED) is 0.706. The monoisotopic (exact) mass is 433 g/mol. The summed E-state index contributed by atoms with van der Waals surface area (Å²) in [6.07, 6.45) is 1.10. The van der Waals surface area contributed by atoms with E-state index in [0.29, 0.717) is 25.9 Å².